The maximum atomic E-state index is 13.8. The molecule has 0 bridgehead atoms. The van der Waals surface area contributed by atoms with E-state index in [1.54, 1.807) is 6.08 Å². The molecular weight excluding hydrogens is 327 g/mol. The first-order valence-corrected chi connectivity index (χ1v) is 8.94. The Morgan fingerprint density at radius 2 is 1.96 bits per heavy atom. The molecule has 6 heteroatoms. The van der Waals surface area contributed by atoms with Crippen LogP contribution in [0.25, 0.3) is 6.08 Å². The minimum Gasteiger partial charge on any atom is -0.207 e. The van der Waals surface area contributed by atoms with Crippen LogP contribution in [0.1, 0.15) is 28.7 Å². The molecule has 4 nitrogen and oxygen atoms in total. The molecule has 2 aromatic carbocycles. The highest BCUT2D eigenvalue weighted by Crippen LogP contribution is 2.26. The summed E-state index contributed by atoms with van der Waals surface area (Å²) in [5.41, 5.74) is 2.44. The fraction of sp³-hybridized carbons (Fsp3) is 0.167. The summed E-state index contributed by atoms with van der Waals surface area (Å²) in [5.74, 6) is -0.542. The summed E-state index contributed by atoms with van der Waals surface area (Å²) in [6.07, 6.45) is 2.72. The monoisotopic (exact) mass is 342 g/mol. The summed E-state index contributed by atoms with van der Waals surface area (Å²) in [6.45, 7) is -0.192. The van der Waals surface area contributed by atoms with Gasteiger partial charge in [0.05, 0.1) is 16.5 Å². The average Bonchev–Trinajstić information content (AvgIpc) is 2.60. The summed E-state index contributed by atoms with van der Waals surface area (Å²) < 4.78 is 41.1. The Kier molecular flexibility index (Phi) is 4.47. The van der Waals surface area contributed by atoms with Crippen LogP contribution in [-0.4, -0.2) is 8.42 Å². The zero-order valence-electron chi connectivity index (χ0n) is 12.8. The van der Waals surface area contributed by atoms with E-state index in [9.17, 15) is 12.8 Å². The number of aryl methyl sites for hydroxylation is 1. The van der Waals surface area contributed by atoms with Gasteiger partial charge in [-0.15, -0.1) is 0 Å². The molecule has 0 amide bonds. The van der Waals surface area contributed by atoms with Crippen LogP contribution in [0, 0.1) is 17.1 Å². The van der Waals surface area contributed by atoms with E-state index in [4.69, 9.17) is 5.26 Å². The maximum absolute atomic E-state index is 13.8. The number of nitriles is 1. The SMILES string of the molecule is N#Cc1ccc(F)c(CNS(=O)(=O)C2=Cc3ccccc3CC2)c1. The molecule has 0 heterocycles. The molecule has 0 aliphatic heterocycles. The minimum absolute atomic E-state index is 0.148. The predicted molar refractivity (Wildman–Crippen MR) is 89.6 cm³/mol. The minimum atomic E-state index is -3.70. The first-order valence-electron chi connectivity index (χ1n) is 7.46. The topological polar surface area (TPSA) is 70.0 Å². The van der Waals surface area contributed by atoms with Gasteiger partial charge in [-0.25, -0.2) is 17.5 Å². The van der Waals surface area contributed by atoms with E-state index in [-0.39, 0.29) is 22.6 Å². The quantitative estimate of drug-likeness (QED) is 0.928. The molecule has 1 aliphatic rings. The van der Waals surface area contributed by atoms with Crippen molar-refractivity contribution in [1.29, 1.82) is 5.26 Å². The average molecular weight is 342 g/mol. The van der Waals surface area contributed by atoms with Crippen LogP contribution in [-0.2, 0) is 23.0 Å². The highest BCUT2D eigenvalue weighted by Gasteiger charge is 2.21. The molecule has 1 N–H and O–H groups in total. The molecule has 3 rings (SSSR count). The van der Waals surface area contributed by atoms with Gasteiger partial charge in [-0.1, -0.05) is 24.3 Å². The lowest BCUT2D eigenvalue weighted by atomic mass is 9.98. The molecule has 0 saturated carbocycles. The molecule has 0 atom stereocenters. The lowest BCUT2D eigenvalue weighted by Gasteiger charge is -2.17. The second kappa shape index (κ2) is 6.56. The fourth-order valence-electron chi connectivity index (χ4n) is 2.66. The Balaban J connectivity index is 1.81. The van der Waals surface area contributed by atoms with Gasteiger partial charge in [0.15, 0.2) is 0 Å². The highest BCUT2D eigenvalue weighted by atomic mass is 32.2. The Hall–Kier alpha value is -2.49. The number of fused-ring (bicyclic) bond motifs is 1. The van der Waals surface area contributed by atoms with Crippen molar-refractivity contribution in [1.82, 2.24) is 4.72 Å². The van der Waals surface area contributed by atoms with Crippen LogP contribution in [0.5, 0.6) is 0 Å². The fourth-order valence-corrected chi connectivity index (χ4v) is 3.85. The number of sulfonamides is 1. The van der Waals surface area contributed by atoms with E-state index in [1.807, 2.05) is 30.3 Å². The first-order chi connectivity index (χ1) is 11.5. The standard InChI is InChI=1S/C18H15FN2O2S/c19-18-8-5-13(11-20)9-16(18)12-21-24(22,23)17-7-6-14-3-1-2-4-15(14)10-17/h1-5,8-10,21H,6-7,12H2. The Morgan fingerprint density at radius 1 is 1.17 bits per heavy atom. The normalized spacial score (nSPS) is 13.8. The molecule has 24 heavy (non-hydrogen) atoms. The summed E-state index contributed by atoms with van der Waals surface area (Å²) in [4.78, 5) is 0.290. The van der Waals surface area contributed by atoms with Gasteiger partial charge in [-0.05, 0) is 48.2 Å². The molecular formula is C18H15FN2O2S. The van der Waals surface area contributed by atoms with Crippen LogP contribution in [0.3, 0.4) is 0 Å². The Morgan fingerprint density at radius 3 is 2.75 bits per heavy atom. The lowest BCUT2D eigenvalue weighted by molar-refractivity contribution is 0.578. The van der Waals surface area contributed by atoms with Crippen molar-refractivity contribution >= 4 is 16.1 Å². The molecule has 0 aromatic heterocycles. The van der Waals surface area contributed by atoms with E-state index < -0.39 is 15.8 Å². The van der Waals surface area contributed by atoms with Gasteiger partial charge in [-0.2, -0.15) is 5.26 Å². The molecule has 0 fully saturated rings. The van der Waals surface area contributed by atoms with Crippen LogP contribution < -0.4 is 4.72 Å². The maximum Gasteiger partial charge on any atom is 0.237 e. The smallest absolute Gasteiger partial charge is 0.207 e. The number of nitrogens with zero attached hydrogens (tertiary/aromatic N) is 1. The van der Waals surface area contributed by atoms with Crippen LogP contribution >= 0.6 is 0 Å². The van der Waals surface area contributed by atoms with Crippen molar-refractivity contribution in [2.75, 3.05) is 0 Å². The second-order valence-electron chi connectivity index (χ2n) is 5.55. The zero-order valence-corrected chi connectivity index (χ0v) is 13.6. The van der Waals surface area contributed by atoms with Gasteiger partial charge in [0.1, 0.15) is 5.82 Å². The number of benzene rings is 2. The van der Waals surface area contributed by atoms with E-state index >= 15 is 0 Å². The second-order valence-corrected chi connectivity index (χ2v) is 7.37. The van der Waals surface area contributed by atoms with Gasteiger partial charge >= 0.3 is 0 Å². The summed E-state index contributed by atoms with van der Waals surface area (Å²) in [7, 11) is -3.70. The zero-order chi connectivity index (χ0) is 17.2. The van der Waals surface area contributed by atoms with Crippen molar-refractivity contribution in [3.63, 3.8) is 0 Å². The molecule has 0 radical (unpaired) electrons. The molecule has 0 saturated heterocycles. The Labute approximate surface area is 140 Å². The van der Waals surface area contributed by atoms with E-state index in [2.05, 4.69) is 4.72 Å². The lowest BCUT2D eigenvalue weighted by Crippen LogP contribution is -2.26. The number of rotatable bonds is 4. The van der Waals surface area contributed by atoms with Gasteiger partial charge < -0.3 is 0 Å². The number of hydrogen-bond acceptors (Lipinski definition) is 3. The van der Waals surface area contributed by atoms with E-state index in [0.29, 0.717) is 12.8 Å². The van der Waals surface area contributed by atoms with E-state index in [0.717, 1.165) is 17.2 Å². The highest BCUT2D eigenvalue weighted by molar-refractivity contribution is 7.93. The van der Waals surface area contributed by atoms with Gasteiger partial charge in [-0.3, -0.25) is 0 Å². The third-order valence-corrected chi connectivity index (χ3v) is 5.52. The molecule has 2 aromatic rings. The summed E-state index contributed by atoms with van der Waals surface area (Å²) in [6, 6.07) is 13.4. The predicted octanol–water partition coefficient (Wildman–Crippen LogP) is 3.10. The van der Waals surface area contributed by atoms with Crippen LogP contribution in [0.15, 0.2) is 47.4 Å². The number of allylic oxidation sites excluding steroid dienone is 1. The largest absolute Gasteiger partial charge is 0.237 e. The number of halogens is 1. The third-order valence-electron chi connectivity index (χ3n) is 3.98. The van der Waals surface area contributed by atoms with Gasteiger partial charge in [0, 0.05) is 12.1 Å². The first kappa shape index (κ1) is 16.4. The van der Waals surface area contributed by atoms with Crippen molar-refractivity contribution in [2.45, 2.75) is 19.4 Å². The number of nitrogens with one attached hydrogen (secondary N) is 1. The molecule has 0 spiro atoms. The van der Waals surface area contributed by atoms with Gasteiger partial charge in [0.2, 0.25) is 10.0 Å². The van der Waals surface area contributed by atoms with Crippen LogP contribution in [0.4, 0.5) is 4.39 Å². The summed E-state index contributed by atoms with van der Waals surface area (Å²) >= 11 is 0. The van der Waals surface area contributed by atoms with Crippen molar-refractivity contribution in [3.8, 4) is 6.07 Å². The van der Waals surface area contributed by atoms with Crippen LogP contribution in [0.2, 0.25) is 0 Å². The Bertz CT molecular complexity index is 959. The van der Waals surface area contributed by atoms with Gasteiger partial charge in [0.25, 0.3) is 0 Å². The third kappa shape index (κ3) is 3.37. The number of hydrogen-bond donors (Lipinski definition) is 1. The van der Waals surface area contributed by atoms with Crippen molar-refractivity contribution in [2.24, 2.45) is 0 Å². The molecule has 1 aliphatic carbocycles. The van der Waals surface area contributed by atoms with Crippen molar-refractivity contribution in [3.05, 3.63) is 75.4 Å². The van der Waals surface area contributed by atoms with E-state index in [1.165, 1.54) is 12.1 Å². The van der Waals surface area contributed by atoms with Crippen molar-refractivity contribution < 1.29 is 12.8 Å². The molecule has 122 valence electrons. The molecule has 0 unspecified atom stereocenters. The summed E-state index contributed by atoms with van der Waals surface area (Å²) in [5, 5.41) is 8.86.